The number of carbonyl (C=O) groups is 1. The summed E-state index contributed by atoms with van der Waals surface area (Å²) < 4.78 is 0. The first kappa shape index (κ1) is 17.4. The predicted octanol–water partition coefficient (Wildman–Crippen LogP) is 2.17. The lowest BCUT2D eigenvalue weighted by Crippen LogP contribution is -2.53. The van der Waals surface area contributed by atoms with E-state index in [1.807, 2.05) is 18.4 Å². The average Bonchev–Trinajstić information content (AvgIpc) is 2.94. The Hall–Kier alpha value is -1.04. The summed E-state index contributed by atoms with van der Waals surface area (Å²) in [5.41, 5.74) is -0.159. The lowest BCUT2D eigenvalue weighted by atomic mass is 9.76. The smallest absolute Gasteiger partial charge is 0.229 e. The molecule has 138 valence electrons. The fraction of sp³-hybridized carbons (Fsp3) is 0.737. The molecule has 3 heterocycles. The van der Waals surface area contributed by atoms with Crippen LogP contribution in [0.2, 0.25) is 0 Å². The van der Waals surface area contributed by atoms with Crippen LogP contribution in [-0.2, 0) is 4.79 Å². The number of halogens is 1. The van der Waals surface area contributed by atoms with Crippen molar-refractivity contribution in [2.75, 3.05) is 19.6 Å². The second-order valence-electron chi connectivity index (χ2n) is 8.01. The lowest BCUT2D eigenvalue weighted by molar-refractivity contribution is -0.141. The molecule has 0 bridgehead atoms. The second kappa shape index (κ2) is 6.93. The van der Waals surface area contributed by atoms with E-state index in [2.05, 4.69) is 15.1 Å². The Bertz CT molecular complexity index is 575. The van der Waals surface area contributed by atoms with Crippen molar-refractivity contribution in [2.45, 2.75) is 63.3 Å². The number of allylic oxidation sites excluding steroid dienone is 2. The highest BCUT2D eigenvalue weighted by Crippen LogP contribution is 2.44. The van der Waals surface area contributed by atoms with Gasteiger partial charge in [0.15, 0.2) is 0 Å². The third kappa shape index (κ3) is 3.22. The predicted molar refractivity (Wildman–Crippen MR) is 97.8 cm³/mol. The van der Waals surface area contributed by atoms with Crippen LogP contribution in [0.3, 0.4) is 0 Å². The molecule has 3 aliphatic heterocycles. The van der Waals surface area contributed by atoms with Crippen molar-refractivity contribution in [1.29, 1.82) is 0 Å². The molecule has 2 N–H and O–H groups in total. The monoisotopic (exact) mass is 365 g/mol. The van der Waals surface area contributed by atoms with Crippen LogP contribution in [0.15, 0.2) is 23.4 Å². The Morgan fingerprint density at radius 1 is 1.12 bits per heavy atom. The Kier molecular flexibility index (Phi) is 4.82. The van der Waals surface area contributed by atoms with Gasteiger partial charge in [0.2, 0.25) is 5.91 Å². The zero-order valence-electron chi connectivity index (χ0n) is 14.7. The van der Waals surface area contributed by atoms with Gasteiger partial charge in [-0.25, -0.2) is 0 Å². The molecule has 4 rings (SSSR count). The van der Waals surface area contributed by atoms with E-state index in [0.717, 1.165) is 69.6 Å². The van der Waals surface area contributed by atoms with Crippen LogP contribution in [0.25, 0.3) is 0 Å². The maximum absolute atomic E-state index is 13.2. The minimum Gasteiger partial charge on any atom is -0.393 e. The normalized spacial score (nSPS) is 35.8. The molecular weight excluding hydrogens is 338 g/mol. The molecule has 0 aromatic rings. The lowest BCUT2D eigenvalue weighted by Gasteiger charge is -2.42. The maximum atomic E-state index is 13.2. The van der Waals surface area contributed by atoms with E-state index in [1.54, 1.807) is 0 Å². The quantitative estimate of drug-likeness (QED) is 0.787. The first-order valence-electron chi connectivity index (χ1n) is 9.61. The van der Waals surface area contributed by atoms with Gasteiger partial charge in [-0.2, -0.15) is 0 Å². The molecule has 0 radical (unpaired) electrons. The number of amides is 1. The molecule has 1 amide bonds. The molecule has 5 nitrogen and oxygen atoms in total. The van der Waals surface area contributed by atoms with E-state index >= 15 is 0 Å². The molecule has 6 heteroatoms. The molecule has 25 heavy (non-hydrogen) atoms. The number of rotatable bonds is 2. The fourth-order valence-corrected chi connectivity index (χ4v) is 5.25. The molecule has 4 aliphatic rings. The van der Waals surface area contributed by atoms with Crippen molar-refractivity contribution in [3.05, 3.63) is 23.4 Å². The van der Waals surface area contributed by atoms with Gasteiger partial charge >= 0.3 is 0 Å². The minimum atomic E-state index is -0.166. The molecule has 1 saturated carbocycles. The summed E-state index contributed by atoms with van der Waals surface area (Å²) in [6.07, 6.45) is 12.1. The Balaban J connectivity index is 1.37. The summed E-state index contributed by atoms with van der Waals surface area (Å²) in [4.78, 5) is 17.7. The molecule has 1 aliphatic carbocycles. The summed E-state index contributed by atoms with van der Waals surface area (Å²) in [5.74, 6) is 0.367. The van der Waals surface area contributed by atoms with Crippen LogP contribution in [0, 0.1) is 5.41 Å². The zero-order valence-corrected chi connectivity index (χ0v) is 15.4. The molecular formula is C19H28ClN3O2. The van der Waals surface area contributed by atoms with Crippen LogP contribution >= 0.6 is 11.6 Å². The summed E-state index contributed by atoms with van der Waals surface area (Å²) in [6.45, 7) is 2.70. The maximum Gasteiger partial charge on any atom is 0.229 e. The number of aliphatic hydroxyl groups is 1. The van der Waals surface area contributed by atoms with Crippen molar-refractivity contribution < 1.29 is 9.90 Å². The van der Waals surface area contributed by atoms with Crippen molar-refractivity contribution in [2.24, 2.45) is 5.41 Å². The topological polar surface area (TPSA) is 55.8 Å². The number of hydrogen-bond donors (Lipinski definition) is 2. The largest absolute Gasteiger partial charge is 0.393 e. The van der Waals surface area contributed by atoms with E-state index in [9.17, 15) is 9.90 Å². The van der Waals surface area contributed by atoms with Gasteiger partial charge in [-0.3, -0.25) is 9.69 Å². The molecule has 1 spiro atoms. The number of nitrogens with zero attached hydrogens (tertiary/aromatic N) is 2. The van der Waals surface area contributed by atoms with E-state index < -0.39 is 0 Å². The molecule has 3 fully saturated rings. The van der Waals surface area contributed by atoms with Crippen LogP contribution < -0.4 is 5.32 Å². The van der Waals surface area contributed by atoms with Crippen LogP contribution in [0.5, 0.6) is 0 Å². The number of aliphatic hydroxyl groups excluding tert-OH is 1. The van der Waals surface area contributed by atoms with E-state index in [0.29, 0.717) is 11.9 Å². The van der Waals surface area contributed by atoms with Crippen molar-refractivity contribution in [3.8, 4) is 0 Å². The number of piperidine rings is 1. The zero-order chi connectivity index (χ0) is 17.4. The molecule has 2 saturated heterocycles. The van der Waals surface area contributed by atoms with Gasteiger partial charge < -0.3 is 15.3 Å². The molecule has 0 aromatic carbocycles. The number of hydrogen-bond acceptors (Lipinski definition) is 4. The molecule has 0 aromatic heterocycles. The Morgan fingerprint density at radius 3 is 2.48 bits per heavy atom. The van der Waals surface area contributed by atoms with E-state index in [-0.39, 0.29) is 17.7 Å². The first-order chi connectivity index (χ1) is 12.1. The summed E-state index contributed by atoms with van der Waals surface area (Å²) in [7, 11) is 0. The van der Waals surface area contributed by atoms with Crippen molar-refractivity contribution >= 4 is 17.5 Å². The van der Waals surface area contributed by atoms with E-state index in [4.69, 9.17) is 11.6 Å². The van der Waals surface area contributed by atoms with Gasteiger partial charge in [0.05, 0.1) is 16.6 Å². The van der Waals surface area contributed by atoms with Crippen molar-refractivity contribution in [3.63, 3.8) is 0 Å². The highest BCUT2D eigenvalue weighted by molar-refractivity contribution is 6.30. The van der Waals surface area contributed by atoms with Gasteiger partial charge in [0.25, 0.3) is 0 Å². The number of carbonyl (C=O) groups excluding carboxylic acids is 1. The van der Waals surface area contributed by atoms with Crippen LogP contribution in [0.4, 0.5) is 0 Å². The SMILES string of the molecule is O=C1N(C2CCC(O)CC2)CCC12CCN(C1NC=CC=C1Cl)CC2. The van der Waals surface area contributed by atoms with Gasteiger partial charge in [0.1, 0.15) is 6.17 Å². The summed E-state index contributed by atoms with van der Waals surface area (Å²) in [5, 5.41) is 13.9. The molecule has 1 atom stereocenters. The summed E-state index contributed by atoms with van der Waals surface area (Å²) >= 11 is 6.34. The third-order valence-corrected chi connectivity index (χ3v) is 6.97. The van der Waals surface area contributed by atoms with Gasteiger partial charge in [-0.15, -0.1) is 0 Å². The Labute approximate surface area is 154 Å². The van der Waals surface area contributed by atoms with Gasteiger partial charge in [-0.1, -0.05) is 11.6 Å². The highest BCUT2D eigenvalue weighted by Gasteiger charge is 2.50. The highest BCUT2D eigenvalue weighted by atomic mass is 35.5. The van der Waals surface area contributed by atoms with Crippen LogP contribution in [0.1, 0.15) is 44.9 Å². The number of likely N-dealkylation sites (tertiary alicyclic amines) is 2. The number of dihydropyridines is 1. The minimum absolute atomic E-state index is 0.0523. The molecule has 1 unspecified atom stereocenters. The fourth-order valence-electron chi connectivity index (χ4n) is 4.98. The average molecular weight is 366 g/mol. The first-order valence-corrected chi connectivity index (χ1v) is 9.98. The number of nitrogens with one attached hydrogen (secondary N) is 1. The third-order valence-electron chi connectivity index (χ3n) is 6.64. The van der Waals surface area contributed by atoms with Crippen molar-refractivity contribution in [1.82, 2.24) is 15.1 Å². The second-order valence-corrected chi connectivity index (χ2v) is 8.44. The van der Waals surface area contributed by atoms with E-state index in [1.165, 1.54) is 0 Å². The summed E-state index contributed by atoms with van der Waals surface area (Å²) in [6, 6.07) is 0.343. The van der Waals surface area contributed by atoms with Gasteiger partial charge in [-0.05, 0) is 63.3 Å². The Morgan fingerprint density at radius 2 is 1.80 bits per heavy atom. The van der Waals surface area contributed by atoms with Gasteiger partial charge in [0, 0.05) is 25.7 Å². The van der Waals surface area contributed by atoms with Crippen LogP contribution in [-0.4, -0.2) is 58.8 Å². The standard InChI is InChI=1S/C19H28ClN3O2/c20-16-2-1-10-21-17(16)22-11-7-19(8-12-22)9-13-23(18(19)25)14-3-5-15(24)6-4-14/h1-2,10,14-15,17,21,24H,3-9,11-13H2.